The standard InChI is InChI=1S/C12H13N5/c1-8(10-6-15-16-7-10)17-11-4-2-3-9(5-13)12(11)14/h2-4,6-8,17H,14H2,1H3,(H,15,16). The number of aromatic amines is 1. The fraction of sp³-hybridized carbons (Fsp3) is 0.167. The van der Waals surface area contributed by atoms with Crippen LogP contribution in [-0.4, -0.2) is 10.2 Å². The fourth-order valence-electron chi connectivity index (χ4n) is 1.60. The predicted octanol–water partition coefficient (Wildman–Crippen LogP) is 2.04. The maximum Gasteiger partial charge on any atom is 0.101 e. The van der Waals surface area contributed by atoms with Crippen molar-refractivity contribution in [2.45, 2.75) is 13.0 Å². The highest BCUT2D eigenvalue weighted by atomic mass is 15.1. The summed E-state index contributed by atoms with van der Waals surface area (Å²) in [5.41, 5.74) is 8.64. The lowest BCUT2D eigenvalue weighted by Crippen LogP contribution is -2.08. The second kappa shape index (κ2) is 4.58. The highest BCUT2D eigenvalue weighted by Crippen LogP contribution is 2.26. The highest BCUT2D eigenvalue weighted by Gasteiger charge is 2.09. The summed E-state index contributed by atoms with van der Waals surface area (Å²) in [6, 6.07) is 7.49. The molecule has 0 spiro atoms. The van der Waals surface area contributed by atoms with Gasteiger partial charge in [0.05, 0.1) is 29.2 Å². The van der Waals surface area contributed by atoms with Crippen molar-refractivity contribution in [1.82, 2.24) is 10.2 Å². The number of aromatic nitrogens is 2. The van der Waals surface area contributed by atoms with Gasteiger partial charge in [0, 0.05) is 11.8 Å². The molecule has 0 saturated carbocycles. The summed E-state index contributed by atoms with van der Waals surface area (Å²) in [6.45, 7) is 2.00. The number of benzene rings is 1. The van der Waals surface area contributed by atoms with Gasteiger partial charge in [0.25, 0.3) is 0 Å². The first-order chi connectivity index (χ1) is 8.22. The van der Waals surface area contributed by atoms with Crippen LogP contribution in [0.4, 0.5) is 11.4 Å². The van der Waals surface area contributed by atoms with Crippen LogP contribution in [0.15, 0.2) is 30.6 Å². The Morgan fingerprint density at radius 1 is 1.53 bits per heavy atom. The Morgan fingerprint density at radius 3 is 3.00 bits per heavy atom. The van der Waals surface area contributed by atoms with Crippen LogP contribution in [0.25, 0.3) is 0 Å². The molecule has 1 aromatic carbocycles. The minimum Gasteiger partial charge on any atom is -0.396 e. The number of anilines is 2. The number of nitrogens with zero attached hydrogens (tertiary/aromatic N) is 2. The lowest BCUT2D eigenvalue weighted by atomic mass is 10.1. The van der Waals surface area contributed by atoms with Gasteiger partial charge < -0.3 is 11.1 Å². The van der Waals surface area contributed by atoms with Gasteiger partial charge in [-0.05, 0) is 19.1 Å². The Labute approximate surface area is 99.3 Å². The smallest absolute Gasteiger partial charge is 0.101 e. The molecule has 0 aliphatic heterocycles. The molecule has 1 aromatic heterocycles. The van der Waals surface area contributed by atoms with Gasteiger partial charge in [-0.2, -0.15) is 10.4 Å². The van der Waals surface area contributed by atoms with Gasteiger partial charge in [0.1, 0.15) is 6.07 Å². The molecule has 0 aliphatic rings. The van der Waals surface area contributed by atoms with Crippen molar-refractivity contribution in [2.24, 2.45) is 0 Å². The molecule has 0 amide bonds. The topological polar surface area (TPSA) is 90.5 Å². The summed E-state index contributed by atoms with van der Waals surface area (Å²) in [5, 5.41) is 18.8. The molecule has 1 unspecified atom stereocenters. The lowest BCUT2D eigenvalue weighted by Gasteiger charge is -2.15. The van der Waals surface area contributed by atoms with Crippen molar-refractivity contribution < 1.29 is 0 Å². The second-order valence-corrected chi connectivity index (χ2v) is 3.78. The third-order valence-corrected chi connectivity index (χ3v) is 2.62. The van der Waals surface area contributed by atoms with Crippen LogP contribution in [0, 0.1) is 11.3 Å². The Balaban J connectivity index is 2.23. The second-order valence-electron chi connectivity index (χ2n) is 3.78. The van der Waals surface area contributed by atoms with Crippen LogP contribution in [0.2, 0.25) is 0 Å². The van der Waals surface area contributed by atoms with E-state index >= 15 is 0 Å². The first kappa shape index (κ1) is 11.0. The van der Waals surface area contributed by atoms with Gasteiger partial charge in [-0.15, -0.1) is 0 Å². The molecular formula is C12H13N5. The summed E-state index contributed by atoms with van der Waals surface area (Å²) in [6.07, 6.45) is 3.57. The van der Waals surface area contributed by atoms with Crippen LogP contribution in [0.5, 0.6) is 0 Å². The Bertz CT molecular complexity index is 539. The van der Waals surface area contributed by atoms with Crippen LogP contribution < -0.4 is 11.1 Å². The third-order valence-electron chi connectivity index (χ3n) is 2.62. The van der Waals surface area contributed by atoms with Crippen molar-refractivity contribution in [1.29, 1.82) is 5.26 Å². The Morgan fingerprint density at radius 2 is 2.35 bits per heavy atom. The van der Waals surface area contributed by atoms with Crippen molar-refractivity contribution in [3.8, 4) is 6.07 Å². The molecule has 1 atom stereocenters. The van der Waals surface area contributed by atoms with E-state index in [1.165, 1.54) is 0 Å². The zero-order chi connectivity index (χ0) is 12.3. The van der Waals surface area contributed by atoms with E-state index in [1.54, 1.807) is 18.3 Å². The Hall–Kier alpha value is -2.48. The van der Waals surface area contributed by atoms with E-state index in [0.29, 0.717) is 11.3 Å². The number of H-pyrrole nitrogens is 1. The SMILES string of the molecule is CC(Nc1cccc(C#N)c1N)c1cn[nH]c1. The van der Waals surface area contributed by atoms with Crippen molar-refractivity contribution >= 4 is 11.4 Å². The van der Waals surface area contributed by atoms with E-state index < -0.39 is 0 Å². The van der Waals surface area contributed by atoms with E-state index in [9.17, 15) is 0 Å². The minimum atomic E-state index is 0.0741. The van der Waals surface area contributed by atoms with E-state index in [4.69, 9.17) is 11.0 Å². The monoisotopic (exact) mass is 227 g/mol. The van der Waals surface area contributed by atoms with Crippen LogP contribution in [-0.2, 0) is 0 Å². The molecule has 0 saturated heterocycles. The number of rotatable bonds is 3. The minimum absolute atomic E-state index is 0.0741. The quantitative estimate of drug-likeness (QED) is 0.700. The molecule has 4 N–H and O–H groups in total. The summed E-state index contributed by atoms with van der Waals surface area (Å²) in [4.78, 5) is 0. The zero-order valence-corrected chi connectivity index (χ0v) is 9.44. The van der Waals surface area contributed by atoms with Crippen LogP contribution >= 0.6 is 0 Å². The summed E-state index contributed by atoms with van der Waals surface area (Å²) in [5.74, 6) is 0. The van der Waals surface area contributed by atoms with Crippen LogP contribution in [0.3, 0.4) is 0 Å². The van der Waals surface area contributed by atoms with E-state index in [2.05, 4.69) is 21.6 Å². The van der Waals surface area contributed by atoms with Gasteiger partial charge in [0.15, 0.2) is 0 Å². The number of nitrogen functional groups attached to an aromatic ring is 1. The predicted molar refractivity (Wildman–Crippen MR) is 66.2 cm³/mol. The van der Waals surface area contributed by atoms with Gasteiger partial charge in [-0.3, -0.25) is 5.10 Å². The van der Waals surface area contributed by atoms with Gasteiger partial charge >= 0.3 is 0 Å². The lowest BCUT2D eigenvalue weighted by molar-refractivity contribution is 0.886. The molecular weight excluding hydrogens is 214 g/mol. The summed E-state index contributed by atoms with van der Waals surface area (Å²) in [7, 11) is 0. The first-order valence-corrected chi connectivity index (χ1v) is 5.26. The van der Waals surface area contributed by atoms with Crippen molar-refractivity contribution in [3.63, 3.8) is 0 Å². The van der Waals surface area contributed by atoms with Gasteiger partial charge in [-0.25, -0.2) is 0 Å². The fourth-order valence-corrected chi connectivity index (χ4v) is 1.60. The molecule has 5 nitrogen and oxygen atoms in total. The number of nitrogens with two attached hydrogens (primary N) is 1. The molecule has 0 bridgehead atoms. The van der Waals surface area contributed by atoms with E-state index in [0.717, 1.165) is 11.3 Å². The van der Waals surface area contributed by atoms with Crippen molar-refractivity contribution in [2.75, 3.05) is 11.1 Å². The molecule has 0 radical (unpaired) electrons. The summed E-state index contributed by atoms with van der Waals surface area (Å²) >= 11 is 0. The normalized spacial score (nSPS) is 11.8. The third kappa shape index (κ3) is 2.21. The molecule has 86 valence electrons. The number of nitriles is 1. The number of nitrogens with one attached hydrogen (secondary N) is 2. The maximum absolute atomic E-state index is 8.89. The molecule has 0 aliphatic carbocycles. The zero-order valence-electron chi connectivity index (χ0n) is 9.44. The van der Waals surface area contributed by atoms with Crippen molar-refractivity contribution in [3.05, 3.63) is 41.7 Å². The largest absolute Gasteiger partial charge is 0.396 e. The average molecular weight is 227 g/mol. The molecule has 1 heterocycles. The average Bonchev–Trinajstić information content (AvgIpc) is 2.85. The molecule has 2 rings (SSSR count). The summed E-state index contributed by atoms with van der Waals surface area (Å²) < 4.78 is 0. The van der Waals surface area contributed by atoms with E-state index in [1.807, 2.05) is 19.2 Å². The molecule has 5 heteroatoms. The van der Waals surface area contributed by atoms with Crippen LogP contribution in [0.1, 0.15) is 24.1 Å². The molecule has 17 heavy (non-hydrogen) atoms. The Kier molecular flexibility index (Phi) is 2.97. The number of para-hydroxylation sites is 1. The molecule has 2 aromatic rings. The maximum atomic E-state index is 8.89. The number of hydrogen-bond donors (Lipinski definition) is 3. The first-order valence-electron chi connectivity index (χ1n) is 5.26. The van der Waals surface area contributed by atoms with E-state index in [-0.39, 0.29) is 6.04 Å². The van der Waals surface area contributed by atoms with Gasteiger partial charge in [0.2, 0.25) is 0 Å². The highest BCUT2D eigenvalue weighted by molar-refractivity contribution is 5.73. The van der Waals surface area contributed by atoms with Gasteiger partial charge in [-0.1, -0.05) is 6.07 Å². The number of hydrogen-bond acceptors (Lipinski definition) is 4. The molecule has 0 fully saturated rings.